The molecule has 3 rings (SSSR count). The zero-order chi connectivity index (χ0) is 17.0. The fraction of sp³-hybridized carbons (Fsp3) is 0.684. The second-order valence-electron chi connectivity index (χ2n) is 7.35. The van der Waals surface area contributed by atoms with E-state index in [1.165, 1.54) is 24.1 Å². The molecule has 5 nitrogen and oxygen atoms in total. The SMILES string of the molecule is COCCCN1CC2(CCCN(c3ccncc3C)C2)CCC1=O. The number of nitrogens with zero attached hydrogens (tertiary/aromatic N) is 3. The molecule has 2 fully saturated rings. The molecule has 1 aromatic rings. The van der Waals surface area contributed by atoms with Crippen LogP contribution in [0.5, 0.6) is 0 Å². The lowest BCUT2D eigenvalue weighted by Crippen LogP contribution is -2.54. The highest BCUT2D eigenvalue weighted by Crippen LogP contribution is 2.40. The molecular weight excluding hydrogens is 302 g/mol. The van der Waals surface area contributed by atoms with Crippen LogP contribution in [0, 0.1) is 12.3 Å². The maximum absolute atomic E-state index is 12.3. The highest BCUT2D eigenvalue weighted by Gasteiger charge is 2.41. The van der Waals surface area contributed by atoms with E-state index in [-0.39, 0.29) is 5.41 Å². The zero-order valence-corrected chi connectivity index (χ0v) is 15.0. The van der Waals surface area contributed by atoms with E-state index in [0.717, 1.165) is 45.6 Å². The topological polar surface area (TPSA) is 45.7 Å². The van der Waals surface area contributed by atoms with Crippen molar-refractivity contribution in [2.45, 2.75) is 39.0 Å². The van der Waals surface area contributed by atoms with E-state index in [4.69, 9.17) is 4.74 Å². The first-order chi connectivity index (χ1) is 11.6. The minimum absolute atomic E-state index is 0.245. The van der Waals surface area contributed by atoms with Gasteiger partial charge in [-0.2, -0.15) is 0 Å². The van der Waals surface area contributed by atoms with Gasteiger partial charge < -0.3 is 14.5 Å². The lowest BCUT2D eigenvalue weighted by atomic mass is 9.73. The van der Waals surface area contributed by atoms with Crippen molar-refractivity contribution in [1.29, 1.82) is 0 Å². The zero-order valence-electron chi connectivity index (χ0n) is 15.0. The number of aryl methyl sites for hydroxylation is 1. The standard InChI is InChI=1S/C19H29N3O2/c1-16-13-20-9-6-17(16)21-10-3-7-19(14-21)8-5-18(23)22(15-19)11-4-12-24-2/h6,9,13H,3-5,7-8,10-12,14-15H2,1-2H3. The third kappa shape index (κ3) is 3.72. The molecule has 0 aromatic carbocycles. The summed E-state index contributed by atoms with van der Waals surface area (Å²) in [5.74, 6) is 0.314. The van der Waals surface area contributed by atoms with Crippen LogP contribution in [0.2, 0.25) is 0 Å². The molecule has 1 atom stereocenters. The third-order valence-electron chi connectivity index (χ3n) is 5.52. The molecule has 2 aliphatic rings. The quantitative estimate of drug-likeness (QED) is 0.778. The Kier molecular flexibility index (Phi) is 5.39. The van der Waals surface area contributed by atoms with Crippen LogP contribution >= 0.6 is 0 Å². The molecule has 2 aliphatic heterocycles. The summed E-state index contributed by atoms with van der Waals surface area (Å²) >= 11 is 0. The smallest absolute Gasteiger partial charge is 0.222 e. The van der Waals surface area contributed by atoms with Gasteiger partial charge in [0, 0.05) is 69.8 Å². The van der Waals surface area contributed by atoms with Crippen LogP contribution in [0.1, 0.15) is 37.7 Å². The minimum atomic E-state index is 0.245. The minimum Gasteiger partial charge on any atom is -0.385 e. The molecule has 0 bridgehead atoms. The van der Waals surface area contributed by atoms with Crippen LogP contribution in [0.3, 0.4) is 0 Å². The van der Waals surface area contributed by atoms with E-state index in [2.05, 4.69) is 27.8 Å². The molecular formula is C19H29N3O2. The number of amides is 1. The van der Waals surface area contributed by atoms with Gasteiger partial charge in [0.1, 0.15) is 0 Å². The van der Waals surface area contributed by atoms with Crippen molar-refractivity contribution in [3.63, 3.8) is 0 Å². The van der Waals surface area contributed by atoms with Crippen molar-refractivity contribution in [3.8, 4) is 0 Å². The number of rotatable bonds is 5. The van der Waals surface area contributed by atoms with Crippen molar-refractivity contribution in [2.75, 3.05) is 44.8 Å². The van der Waals surface area contributed by atoms with Gasteiger partial charge in [0.15, 0.2) is 0 Å². The predicted octanol–water partition coefficient (Wildman–Crippen LogP) is 2.64. The Morgan fingerprint density at radius 1 is 1.33 bits per heavy atom. The second kappa shape index (κ2) is 7.51. The first-order valence-electron chi connectivity index (χ1n) is 9.06. The Balaban J connectivity index is 1.70. The van der Waals surface area contributed by atoms with Gasteiger partial charge in [-0.15, -0.1) is 0 Å². The monoisotopic (exact) mass is 331 g/mol. The van der Waals surface area contributed by atoms with Crippen molar-refractivity contribution in [1.82, 2.24) is 9.88 Å². The van der Waals surface area contributed by atoms with Crippen LogP contribution in [0.15, 0.2) is 18.5 Å². The number of ether oxygens (including phenoxy) is 1. The number of pyridine rings is 1. The van der Waals surface area contributed by atoms with E-state index in [1.807, 2.05) is 12.4 Å². The van der Waals surface area contributed by atoms with E-state index in [1.54, 1.807) is 7.11 Å². The Morgan fingerprint density at radius 2 is 2.21 bits per heavy atom. The van der Waals surface area contributed by atoms with Crippen LogP contribution < -0.4 is 4.90 Å². The highest BCUT2D eigenvalue weighted by molar-refractivity contribution is 5.77. The second-order valence-corrected chi connectivity index (χ2v) is 7.35. The fourth-order valence-electron chi connectivity index (χ4n) is 4.27. The average molecular weight is 331 g/mol. The number of anilines is 1. The van der Waals surface area contributed by atoms with Crippen molar-refractivity contribution >= 4 is 11.6 Å². The molecule has 0 N–H and O–H groups in total. The van der Waals surface area contributed by atoms with Gasteiger partial charge in [-0.3, -0.25) is 9.78 Å². The van der Waals surface area contributed by atoms with Gasteiger partial charge in [0.2, 0.25) is 5.91 Å². The number of aromatic nitrogens is 1. The van der Waals surface area contributed by atoms with E-state index in [9.17, 15) is 4.79 Å². The van der Waals surface area contributed by atoms with Gasteiger partial charge >= 0.3 is 0 Å². The third-order valence-corrected chi connectivity index (χ3v) is 5.52. The van der Waals surface area contributed by atoms with Gasteiger partial charge in [-0.25, -0.2) is 0 Å². The number of carbonyl (C=O) groups is 1. The molecule has 2 saturated heterocycles. The lowest BCUT2D eigenvalue weighted by Gasteiger charge is -2.49. The number of piperidine rings is 2. The molecule has 24 heavy (non-hydrogen) atoms. The fourth-order valence-corrected chi connectivity index (χ4v) is 4.27. The van der Waals surface area contributed by atoms with Gasteiger partial charge in [0.25, 0.3) is 0 Å². The summed E-state index contributed by atoms with van der Waals surface area (Å²) in [6.45, 7) is 6.72. The first-order valence-corrected chi connectivity index (χ1v) is 9.06. The van der Waals surface area contributed by atoms with E-state index >= 15 is 0 Å². The number of hydrogen-bond donors (Lipinski definition) is 0. The largest absolute Gasteiger partial charge is 0.385 e. The van der Waals surface area contributed by atoms with E-state index < -0.39 is 0 Å². The molecule has 1 spiro atoms. The molecule has 0 radical (unpaired) electrons. The van der Waals surface area contributed by atoms with Crippen LogP contribution in [0.4, 0.5) is 5.69 Å². The Morgan fingerprint density at radius 3 is 3.00 bits per heavy atom. The lowest BCUT2D eigenvalue weighted by molar-refractivity contribution is -0.138. The predicted molar refractivity (Wildman–Crippen MR) is 95.2 cm³/mol. The number of likely N-dealkylation sites (tertiary alicyclic amines) is 1. The summed E-state index contributed by atoms with van der Waals surface area (Å²) in [5.41, 5.74) is 2.78. The Bertz CT molecular complexity index is 577. The molecule has 1 aromatic heterocycles. The number of carbonyl (C=O) groups excluding carboxylic acids is 1. The molecule has 3 heterocycles. The number of hydrogen-bond acceptors (Lipinski definition) is 4. The van der Waals surface area contributed by atoms with Crippen LogP contribution in [-0.4, -0.2) is 55.7 Å². The van der Waals surface area contributed by atoms with Gasteiger partial charge in [-0.1, -0.05) is 0 Å². The molecule has 1 unspecified atom stereocenters. The summed E-state index contributed by atoms with van der Waals surface area (Å²) in [6.07, 6.45) is 8.88. The van der Waals surface area contributed by atoms with Crippen LogP contribution in [-0.2, 0) is 9.53 Å². The number of methoxy groups -OCH3 is 1. The summed E-state index contributed by atoms with van der Waals surface area (Å²) < 4.78 is 5.14. The summed E-state index contributed by atoms with van der Waals surface area (Å²) in [7, 11) is 1.72. The Hall–Kier alpha value is -1.62. The highest BCUT2D eigenvalue weighted by atomic mass is 16.5. The first kappa shape index (κ1) is 17.2. The normalized spacial score (nSPS) is 24.7. The summed E-state index contributed by atoms with van der Waals surface area (Å²) in [6, 6.07) is 2.12. The van der Waals surface area contributed by atoms with Crippen molar-refractivity contribution in [2.24, 2.45) is 5.41 Å². The maximum Gasteiger partial charge on any atom is 0.222 e. The molecule has 0 aliphatic carbocycles. The molecule has 1 amide bonds. The molecule has 0 saturated carbocycles. The van der Waals surface area contributed by atoms with Gasteiger partial charge in [0.05, 0.1) is 0 Å². The Labute approximate surface area is 145 Å². The summed E-state index contributed by atoms with van der Waals surface area (Å²) in [5, 5.41) is 0. The summed E-state index contributed by atoms with van der Waals surface area (Å²) in [4.78, 5) is 21.1. The molecule has 5 heteroatoms. The van der Waals surface area contributed by atoms with Gasteiger partial charge in [-0.05, 0) is 44.2 Å². The maximum atomic E-state index is 12.3. The van der Waals surface area contributed by atoms with E-state index in [0.29, 0.717) is 12.3 Å². The van der Waals surface area contributed by atoms with Crippen LogP contribution in [0.25, 0.3) is 0 Å². The van der Waals surface area contributed by atoms with Crippen molar-refractivity contribution < 1.29 is 9.53 Å². The average Bonchev–Trinajstić information content (AvgIpc) is 2.59. The molecule has 132 valence electrons. The van der Waals surface area contributed by atoms with Crippen molar-refractivity contribution in [3.05, 3.63) is 24.0 Å².